The van der Waals surface area contributed by atoms with Gasteiger partial charge in [-0.25, -0.2) is 4.98 Å². The normalized spacial score (nSPS) is 12.1. The van der Waals surface area contributed by atoms with Gasteiger partial charge < -0.3 is 10.3 Å². The fourth-order valence-corrected chi connectivity index (χ4v) is 3.34. The van der Waals surface area contributed by atoms with E-state index in [4.69, 9.17) is 5.73 Å². The van der Waals surface area contributed by atoms with Crippen LogP contribution in [0.3, 0.4) is 0 Å². The molecule has 2 aromatic heterocycles. The van der Waals surface area contributed by atoms with Crippen LogP contribution in [0.4, 0.5) is 0 Å². The van der Waals surface area contributed by atoms with E-state index in [0.29, 0.717) is 6.54 Å². The Labute approximate surface area is 121 Å². The van der Waals surface area contributed by atoms with Gasteiger partial charge in [-0.2, -0.15) is 0 Å². The third kappa shape index (κ3) is 3.34. The summed E-state index contributed by atoms with van der Waals surface area (Å²) in [5, 5.41) is 12.3. The fourth-order valence-electron chi connectivity index (χ4n) is 1.50. The third-order valence-electron chi connectivity index (χ3n) is 2.65. The molecule has 0 saturated carbocycles. The molecular weight excluding hydrogens is 278 g/mol. The van der Waals surface area contributed by atoms with E-state index in [9.17, 15) is 0 Å². The molecule has 0 aliphatic rings. The second kappa shape index (κ2) is 5.60. The van der Waals surface area contributed by atoms with Crippen LogP contribution in [0.25, 0.3) is 0 Å². The summed E-state index contributed by atoms with van der Waals surface area (Å²) in [6.45, 7) is 6.95. The Morgan fingerprint density at radius 1 is 1.37 bits per heavy atom. The third-order valence-corrected chi connectivity index (χ3v) is 5.02. The molecule has 0 radical (unpaired) electrons. The summed E-state index contributed by atoms with van der Waals surface area (Å²) >= 11 is 3.36. The topological polar surface area (TPSA) is 69.6 Å². The molecule has 7 heteroatoms. The second-order valence-electron chi connectivity index (χ2n) is 5.34. The van der Waals surface area contributed by atoms with Crippen LogP contribution in [0.15, 0.2) is 10.5 Å². The Morgan fingerprint density at radius 3 is 2.63 bits per heavy atom. The zero-order valence-electron chi connectivity index (χ0n) is 11.7. The minimum Gasteiger partial charge on any atom is -0.324 e. The molecule has 0 saturated heterocycles. The van der Waals surface area contributed by atoms with Gasteiger partial charge in [0.2, 0.25) is 0 Å². The smallest absolute Gasteiger partial charge is 0.191 e. The van der Waals surface area contributed by atoms with Crippen LogP contribution >= 0.6 is 23.1 Å². The van der Waals surface area contributed by atoms with Crippen LogP contribution in [0.2, 0.25) is 0 Å². The van der Waals surface area contributed by atoms with Crippen molar-refractivity contribution in [3.8, 4) is 0 Å². The van der Waals surface area contributed by atoms with Crippen molar-refractivity contribution in [2.24, 2.45) is 12.8 Å². The van der Waals surface area contributed by atoms with Crippen LogP contribution in [0.5, 0.6) is 0 Å². The molecule has 0 amide bonds. The van der Waals surface area contributed by atoms with Crippen molar-refractivity contribution in [3.63, 3.8) is 0 Å². The summed E-state index contributed by atoms with van der Waals surface area (Å²) in [7, 11) is 1.94. The van der Waals surface area contributed by atoms with Gasteiger partial charge in [-0.3, -0.25) is 0 Å². The number of nitrogens with zero attached hydrogens (tertiary/aromatic N) is 4. The van der Waals surface area contributed by atoms with Crippen molar-refractivity contribution in [2.75, 3.05) is 0 Å². The standard InChI is InChI=1S/C12H19N5S2/c1-12(2,3)10-14-8(6-18-10)7-19-11-16-15-9(5-13)17(11)4/h6H,5,7,13H2,1-4H3. The summed E-state index contributed by atoms with van der Waals surface area (Å²) < 4.78 is 1.93. The first-order chi connectivity index (χ1) is 8.91. The highest BCUT2D eigenvalue weighted by molar-refractivity contribution is 7.98. The molecule has 0 bridgehead atoms. The van der Waals surface area contributed by atoms with Crippen LogP contribution in [-0.2, 0) is 24.8 Å². The van der Waals surface area contributed by atoms with Gasteiger partial charge >= 0.3 is 0 Å². The van der Waals surface area contributed by atoms with Crippen molar-refractivity contribution in [1.82, 2.24) is 19.7 Å². The van der Waals surface area contributed by atoms with Crippen molar-refractivity contribution in [3.05, 3.63) is 21.9 Å². The highest BCUT2D eigenvalue weighted by Gasteiger charge is 2.18. The molecule has 2 rings (SSSR count). The maximum absolute atomic E-state index is 5.58. The van der Waals surface area contributed by atoms with Gasteiger partial charge in [0.1, 0.15) is 5.82 Å². The maximum Gasteiger partial charge on any atom is 0.191 e. The monoisotopic (exact) mass is 297 g/mol. The lowest BCUT2D eigenvalue weighted by Gasteiger charge is -2.13. The van der Waals surface area contributed by atoms with E-state index in [2.05, 4.69) is 41.3 Å². The average Bonchev–Trinajstić information content (AvgIpc) is 2.93. The van der Waals surface area contributed by atoms with E-state index >= 15 is 0 Å². The molecule has 19 heavy (non-hydrogen) atoms. The van der Waals surface area contributed by atoms with Gasteiger partial charge in [0.15, 0.2) is 5.16 Å². The van der Waals surface area contributed by atoms with Crippen molar-refractivity contribution in [2.45, 2.75) is 43.6 Å². The largest absolute Gasteiger partial charge is 0.324 e. The quantitative estimate of drug-likeness (QED) is 0.877. The van der Waals surface area contributed by atoms with Crippen molar-refractivity contribution in [1.29, 1.82) is 0 Å². The number of aromatic nitrogens is 4. The summed E-state index contributed by atoms with van der Waals surface area (Å²) in [6.07, 6.45) is 0. The molecule has 0 aliphatic carbocycles. The molecule has 5 nitrogen and oxygen atoms in total. The highest BCUT2D eigenvalue weighted by atomic mass is 32.2. The predicted molar refractivity (Wildman–Crippen MR) is 79.3 cm³/mol. The SMILES string of the molecule is Cn1c(CN)nnc1SCc1csc(C(C)(C)C)n1. The number of hydrogen-bond donors (Lipinski definition) is 1. The fraction of sp³-hybridized carbons (Fsp3) is 0.583. The molecular formula is C12H19N5S2. The Morgan fingerprint density at radius 2 is 2.11 bits per heavy atom. The Bertz CT molecular complexity index is 553. The van der Waals surface area contributed by atoms with E-state index < -0.39 is 0 Å². The first-order valence-corrected chi connectivity index (χ1v) is 7.94. The van der Waals surface area contributed by atoms with Crippen molar-refractivity contribution < 1.29 is 0 Å². The summed E-state index contributed by atoms with van der Waals surface area (Å²) in [5.74, 6) is 1.61. The zero-order valence-corrected chi connectivity index (χ0v) is 13.3. The first kappa shape index (κ1) is 14.5. The summed E-state index contributed by atoms with van der Waals surface area (Å²) in [6, 6.07) is 0. The Balaban J connectivity index is 2.02. The molecule has 0 fully saturated rings. The van der Waals surface area contributed by atoms with E-state index in [1.165, 1.54) is 5.01 Å². The van der Waals surface area contributed by atoms with Crippen LogP contribution in [-0.4, -0.2) is 19.7 Å². The zero-order chi connectivity index (χ0) is 14.0. The molecule has 0 unspecified atom stereocenters. The lowest BCUT2D eigenvalue weighted by molar-refractivity contribution is 0.584. The minimum atomic E-state index is 0.116. The average molecular weight is 297 g/mol. The van der Waals surface area contributed by atoms with Gasteiger partial charge in [-0.15, -0.1) is 21.5 Å². The number of thiazole rings is 1. The lowest BCUT2D eigenvalue weighted by Crippen LogP contribution is -2.10. The minimum absolute atomic E-state index is 0.116. The van der Waals surface area contributed by atoms with E-state index in [-0.39, 0.29) is 5.41 Å². The highest BCUT2D eigenvalue weighted by Crippen LogP contribution is 2.28. The molecule has 0 aromatic carbocycles. The summed E-state index contributed by atoms with van der Waals surface area (Å²) in [4.78, 5) is 4.67. The van der Waals surface area contributed by atoms with Gasteiger partial charge in [-0.05, 0) is 0 Å². The molecule has 2 N–H and O–H groups in total. The van der Waals surface area contributed by atoms with E-state index in [1.807, 2.05) is 11.6 Å². The second-order valence-corrected chi connectivity index (χ2v) is 7.15. The molecule has 104 valence electrons. The van der Waals surface area contributed by atoms with Crippen LogP contribution in [0, 0.1) is 0 Å². The van der Waals surface area contributed by atoms with E-state index in [0.717, 1.165) is 22.4 Å². The van der Waals surface area contributed by atoms with Gasteiger partial charge in [0.25, 0.3) is 0 Å². The first-order valence-electron chi connectivity index (χ1n) is 6.08. The molecule has 0 spiro atoms. The van der Waals surface area contributed by atoms with Crippen LogP contribution in [0.1, 0.15) is 37.3 Å². The number of nitrogens with two attached hydrogens (primary N) is 1. The molecule has 2 aromatic rings. The predicted octanol–water partition coefficient (Wildman–Crippen LogP) is 2.32. The van der Waals surface area contributed by atoms with Crippen LogP contribution < -0.4 is 5.73 Å². The maximum atomic E-state index is 5.58. The number of thioether (sulfide) groups is 1. The van der Waals surface area contributed by atoms with Crippen molar-refractivity contribution >= 4 is 23.1 Å². The van der Waals surface area contributed by atoms with E-state index in [1.54, 1.807) is 23.1 Å². The lowest BCUT2D eigenvalue weighted by atomic mass is 9.98. The van der Waals surface area contributed by atoms with Gasteiger partial charge in [0.05, 0.1) is 17.2 Å². The van der Waals surface area contributed by atoms with Gasteiger partial charge in [-0.1, -0.05) is 32.5 Å². The number of rotatable bonds is 4. The van der Waals surface area contributed by atoms with Gasteiger partial charge in [0, 0.05) is 23.6 Å². The molecule has 0 aliphatic heterocycles. The molecule has 2 heterocycles. The Hall–Kier alpha value is -0.920. The summed E-state index contributed by atoms with van der Waals surface area (Å²) in [5.41, 5.74) is 6.79. The Kier molecular flexibility index (Phi) is 4.27. The molecule has 0 atom stereocenters. The number of hydrogen-bond acceptors (Lipinski definition) is 6.